The van der Waals surface area contributed by atoms with Gasteiger partial charge in [-0.1, -0.05) is 0 Å². The van der Waals surface area contributed by atoms with Gasteiger partial charge in [-0.2, -0.15) is 0 Å². The Hall–Kier alpha value is -1.10. The normalized spacial score (nSPS) is 20.6. The van der Waals surface area contributed by atoms with Gasteiger partial charge in [0.2, 0.25) is 5.91 Å². The van der Waals surface area contributed by atoms with Crippen molar-refractivity contribution in [3.05, 3.63) is 0 Å². The Bertz CT molecular complexity index is 215. The topological polar surface area (TPSA) is 60.9 Å². The molecule has 0 aromatic carbocycles. The van der Waals surface area contributed by atoms with E-state index in [1.165, 1.54) is 4.90 Å². The van der Waals surface area contributed by atoms with Crippen molar-refractivity contribution in [3.8, 4) is 0 Å². The monoisotopic (exact) mass is 172 g/mol. The Morgan fingerprint density at radius 3 is 2.50 bits per heavy atom. The van der Waals surface area contributed by atoms with Crippen LogP contribution in [0.4, 0.5) is 4.79 Å². The highest BCUT2D eigenvalue weighted by Crippen LogP contribution is 2.07. The van der Waals surface area contributed by atoms with Crippen LogP contribution in [-0.4, -0.2) is 53.1 Å². The number of nitrogens with zero attached hydrogens (tertiary/aromatic N) is 2. The first-order chi connectivity index (χ1) is 5.52. The van der Waals surface area contributed by atoms with Crippen molar-refractivity contribution < 1.29 is 14.7 Å². The fourth-order valence-corrected chi connectivity index (χ4v) is 1.11. The lowest BCUT2D eigenvalue weighted by molar-refractivity contribution is -0.126. The molecule has 1 rings (SSSR count). The summed E-state index contributed by atoms with van der Waals surface area (Å²) in [7, 11) is 1.56. The second-order valence-electron chi connectivity index (χ2n) is 2.99. The molecule has 1 N–H and O–H groups in total. The molecule has 1 saturated heterocycles. The third-order valence-corrected chi connectivity index (χ3v) is 1.68. The van der Waals surface area contributed by atoms with E-state index in [4.69, 9.17) is 5.11 Å². The van der Waals surface area contributed by atoms with Crippen molar-refractivity contribution in [1.29, 1.82) is 0 Å². The van der Waals surface area contributed by atoms with Gasteiger partial charge in [0.05, 0.1) is 12.6 Å². The molecule has 1 aliphatic heterocycles. The van der Waals surface area contributed by atoms with Gasteiger partial charge >= 0.3 is 6.03 Å². The lowest BCUT2D eigenvalue weighted by Crippen LogP contribution is -2.36. The van der Waals surface area contributed by atoms with Crippen LogP contribution < -0.4 is 0 Å². The molecule has 5 heteroatoms. The number of β-amino-alcohol motifs (C(OH)–C–C–N with tert-alkyl or cyclic N) is 1. The van der Waals surface area contributed by atoms with Gasteiger partial charge < -0.3 is 10.0 Å². The van der Waals surface area contributed by atoms with Crippen molar-refractivity contribution >= 4 is 11.9 Å². The highest BCUT2D eigenvalue weighted by Gasteiger charge is 2.33. The molecule has 1 heterocycles. The Balaban J connectivity index is 2.64. The smallest absolute Gasteiger partial charge is 0.327 e. The van der Waals surface area contributed by atoms with Crippen molar-refractivity contribution in [3.63, 3.8) is 0 Å². The Morgan fingerprint density at radius 2 is 2.17 bits per heavy atom. The van der Waals surface area contributed by atoms with Crippen LogP contribution in [0.5, 0.6) is 0 Å². The number of carbonyl (C=O) groups excluding carboxylic acids is 2. The van der Waals surface area contributed by atoms with Gasteiger partial charge in [-0.15, -0.1) is 0 Å². The summed E-state index contributed by atoms with van der Waals surface area (Å²) in [6.45, 7) is 1.74. The van der Waals surface area contributed by atoms with Gasteiger partial charge in [-0.25, -0.2) is 4.79 Å². The molecule has 0 aliphatic carbocycles. The minimum atomic E-state index is -0.663. The fourth-order valence-electron chi connectivity index (χ4n) is 1.11. The maximum absolute atomic E-state index is 11.2. The number of hydrogen-bond acceptors (Lipinski definition) is 3. The third-order valence-electron chi connectivity index (χ3n) is 1.68. The first-order valence-corrected chi connectivity index (χ1v) is 3.76. The standard InChI is InChI=1S/C7H12N2O3/c1-5(10)3-9-6(11)4-8(2)7(9)12/h5,10H,3-4H2,1-2H3/t5-/m0/s1. The molecule has 12 heavy (non-hydrogen) atoms. The van der Waals surface area contributed by atoms with E-state index in [0.29, 0.717) is 0 Å². The van der Waals surface area contributed by atoms with E-state index >= 15 is 0 Å². The second-order valence-corrected chi connectivity index (χ2v) is 2.99. The zero-order chi connectivity index (χ0) is 9.30. The summed E-state index contributed by atoms with van der Waals surface area (Å²) in [4.78, 5) is 24.6. The van der Waals surface area contributed by atoms with E-state index in [2.05, 4.69) is 0 Å². The van der Waals surface area contributed by atoms with Crippen molar-refractivity contribution in [2.24, 2.45) is 0 Å². The molecular formula is C7H12N2O3. The second kappa shape index (κ2) is 3.10. The first kappa shape index (κ1) is 8.99. The quantitative estimate of drug-likeness (QED) is 0.558. The van der Waals surface area contributed by atoms with E-state index < -0.39 is 6.10 Å². The minimum absolute atomic E-state index is 0.0853. The summed E-state index contributed by atoms with van der Waals surface area (Å²) in [6, 6.07) is -0.332. The molecule has 0 unspecified atom stereocenters. The summed E-state index contributed by atoms with van der Waals surface area (Å²) in [6.07, 6.45) is -0.663. The van der Waals surface area contributed by atoms with Crippen molar-refractivity contribution in [2.75, 3.05) is 20.1 Å². The molecule has 0 bridgehead atoms. The zero-order valence-electron chi connectivity index (χ0n) is 7.15. The van der Waals surface area contributed by atoms with Crippen molar-refractivity contribution in [1.82, 2.24) is 9.80 Å². The lowest BCUT2D eigenvalue weighted by atomic mass is 10.4. The van der Waals surface area contributed by atoms with E-state index in [1.807, 2.05) is 0 Å². The number of carbonyl (C=O) groups is 2. The largest absolute Gasteiger partial charge is 0.392 e. The molecule has 68 valence electrons. The van der Waals surface area contributed by atoms with Crippen LogP contribution >= 0.6 is 0 Å². The average Bonchev–Trinajstić information content (AvgIpc) is 2.16. The lowest BCUT2D eigenvalue weighted by Gasteiger charge is -2.15. The summed E-state index contributed by atoms with van der Waals surface area (Å²) >= 11 is 0. The highest BCUT2D eigenvalue weighted by atomic mass is 16.3. The van der Waals surface area contributed by atoms with Crippen LogP contribution in [-0.2, 0) is 4.79 Å². The molecule has 1 fully saturated rings. The molecule has 1 atom stereocenters. The molecular weight excluding hydrogens is 160 g/mol. The van der Waals surface area contributed by atoms with E-state index in [-0.39, 0.29) is 25.0 Å². The summed E-state index contributed by atoms with van der Waals surface area (Å²) in [5, 5.41) is 8.97. The Kier molecular flexibility index (Phi) is 2.32. The maximum atomic E-state index is 11.2. The average molecular weight is 172 g/mol. The molecule has 0 saturated carbocycles. The Morgan fingerprint density at radius 1 is 1.58 bits per heavy atom. The summed E-state index contributed by atoms with van der Waals surface area (Å²) < 4.78 is 0. The van der Waals surface area contributed by atoms with Crippen LogP contribution in [0.25, 0.3) is 0 Å². The van der Waals surface area contributed by atoms with Gasteiger partial charge in [0, 0.05) is 7.05 Å². The number of hydrogen-bond donors (Lipinski definition) is 1. The van der Waals surface area contributed by atoms with Crippen LogP contribution in [0.15, 0.2) is 0 Å². The number of aliphatic hydroxyl groups excluding tert-OH is 1. The SMILES string of the molecule is C[C@H](O)CN1C(=O)CN(C)C1=O. The number of likely N-dealkylation sites (N-methyl/N-ethyl adjacent to an activating group) is 1. The number of imide groups is 1. The van der Waals surface area contributed by atoms with E-state index in [0.717, 1.165) is 4.90 Å². The fraction of sp³-hybridized carbons (Fsp3) is 0.714. The minimum Gasteiger partial charge on any atom is -0.392 e. The predicted octanol–water partition coefficient (Wildman–Crippen LogP) is -0.739. The summed E-state index contributed by atoms with van der Waals surface area (Å²) in [5.74, 6) is -0.247. The molecule has 0 radical (unpaired) electrons. The molecule has 0 aromatic rings. The van der Waals surface area contributed by atoms with Gasteiger partial charge in [0.15, 0.2) is 0 Å². The van der Waals surface area contributed by atoms with Crippen LogP contribution in [0, 0.1) is 0 Å². The van der Waals surface area contributed by atoms with Gasteiger partial charge in [0.1, 0.15) is 6.54 Å². The van der Waals surface area contributed by atoms with E-state index in [1.54, 1.807) is 14.0 Å². The molecule has 3 amide bonds. The number of urea groups is 1. The first-order valence-electron chi connectivity index (χ1n) is 3.76. The van der Waals surface area contributed by atoms with Gasteiger partial charge in [0.25, 0.3) is 0 Å². The molecule has 1 aliphatic rings. The predicted molar refractivity (Wildman–Crippen MR) is 41.4 cm³/mol. The van der Waals surface area contributed by atoms with Crippen LogP contribution in [0.3, 0.4) is 0 Å². The molecule has 0 aromatic heterocycles. The third kappa shape index (κ3) is 1.55. The van der Waals surface area contributed by atoms with E-state index in [9.17, 15) is 9.59 Å². The highest BCUT2D eigenvalue weighted by molar-refractivity contribution is 6.01. The maximum Gasteiger partial charge on any atom is 0.327 e. The number of rotatable bonds is 2. The number of amides is 3. The van der Waals surface area contributed by atoms with Crippen molar-refractivity contribution in [2.45, 2.75) is 13.0 Å². The number of aliphatic hydroxyl groups is 1. The molecule has 0 spiro atoms. The van der Waals surface area contributed by atoms with Gasteiger partial charge in [-0.05, 0) is 6.92 Å². The van der Waals surface area contributed by atoms with Crippen LogP contribution in [0.2, 0.25) is 0 Å². The molecule has 5 nitrogen and oxygen atoms in total. The summed E-state index contributed by atoms with van der Waals surface area (Å²) in [5.41, 5.74) is 0. The van der Waals surface area contributed by atoms with Crippen LogP contribution in [0.1, 0.15) is 6.92 Å². The zero-order valence-corrected chi connectivity index (χ0v) is 7.15. The van der Waals surface area contributed by atoms with Gasteiger partial charge in [-0.3, -0.25) is 9.69 Å². The Labute approximate surface area is 70.6 Å².